The number of ether oxygens (including phenoxy) is 1. The summed E-state index contributed by atoms with van der Waals surface area (Å²) in [6.07, 6.45) is 8.73. The van der Waals surface area contributed by atoms with Crippen molar-refractivity contribution in [3.63, 3.8) is 0 Å². The maximum atomic E-state index is 12.3. The van der Waals surface area contributed by atoms with Crippen LogP contribution < -0.4 is 0 Å². The van der Waals surface area contributed by atoms with E-state index >= 15 is 0 Å². The molecule has 0 amide bonds. The molecule has 0 spiro atoms. The molecule has 0 aromatic heterocycles. The predicted molar refractivity (Wildman–Crippen MR) is 94.2 cm³/mol. The number of esters is 1. The molecule has 3 unspecified atom stereocenters. The number of rotatable bonds is 2. The van der Waals surface area contributed by atoms with Gasteiger partial charge >= 0.3 is 5.97 Å². The van der Waals surface area contributed by atoms with Crippen molar-refractivity contribution >= 4 is 5.97 Å². The third kappa shape index (κ3) is 4.92. The normalized spacial score (nSPS) is 33.3. The van der Waals surface area contributed by atoms with Gasteiger partial charge in [-0.3, -0.25) is 4.79 Å². The molecule has 1 heterocycles. The van der Waals surface area contributed by atoms with Crippen molar-refractivity contribution in [1.82, 2.24) is 0 Å². The van der Waals surface area contributed by atoms with Crippen molar-refractivity contribution in [1.29, 1.82) is 0 Å². The predicted octanol–water partition coefficient (Wildman–Crippen LogP) is 3.08. The molecule has 4 nitrogen and oxygen atoms in total. The summed E-state index contributed by atoms with van der Waals surface area (Å²) in [5.74, 6) is -0.631. The molecule has 1 fully saturated rings. The Balaban J connectivity index is 2.31. The molecule has 1 aliphatic heterocycles. The average Bonchev–Trinajstić information content (AvgIpc) is 2.49. The molecule has 0 bridgehead atoms. The van der Waals surface area contributed by atoms with E-state index in [2.05, 4.69) is 6.58 Å². The van der Waals surface area contributed by atoms with Crippen molar-refractivity contribution < 1.29 is 19.7 Å². The van der Waals surface area contributed by atoms with Gasteiger partial charge in [-0.25, -0.2) is 0 Å². The standard InChI is InChI=1S/C20H28O4/c1-13-7-8-17-15(6-5-9-20(3,4)23)12-24-19(22)18(17)14(2)11-16(21)10-13/h5-6,9-10,16-18,21,23H,2,7-8,11-12H2,1,3-4H3/b9-5+,13-10+,15-6-. The first-order valence-electron chi connectivity index (χ1n) is 8.47. The van der Waals surface area contributed by atoms with Gasteiger partial charge in [-0.2, -0.15) is 0 Å². The molecule has 3 atom stereocenters. The summed E-state index contributed by atoms with van der Waals surface area (Å²) in [5, 5.41) is 19.9. The molecule has 0 saturated carbocycles. The number of cyclic esters (lactones) is 1. The fraction of sp³-hybridized carbons (Fsp3) is 0.550. The van der Waals surface area contributed by atoms with Crippen LogP contribution in [0, 0.1) is 11.8 Å². The molecule has 1 saturated heterocycles. The lowest BCUT2D eigenvalue weighted by Crippen LogP contribution is -2.36. The molecule has 2 rings (SSSR count). The summed E-state index contributed by atoms with van der Waals surface area (Å²) < 4.78 is 5.35. The molecule has 0 aromatic rings. The van der Waals surface area contributed by atoms with Crippen LogP contribution >= 0.6 is 0 Å². The van der Waals surface area contributed by atoms with Gasteiger partial charge in [-0.05, 0) is 45.6 Å². The van der Waals surface area contributed by atoms with E-state index in [0.717, 1.165) is 29.6 Å². The van der Waals surface area contributed by atoms with Crippen LogP contribution in [0.2, 0.25) is 0 Å². The maximum absolute atomic E-state index is 12.3. The Kier molecular flexibility index (Phi) is 5.83. The van der Waals surface area contributed by atoms with Crippen molar-refractivity contribution in [2.75, 3.05) is 6.61 Å². The maximum Gasteiger partial charge on any atom is 0.314 e. The van der Waals surface area contributed by atoms with Crippen molar-refractivity contribution in [2.24, 2.45) is 11.8 Å². The Morgan fingerprint density at radius 2 is 2.12 bits per heavy atom. The first-order valence-corrected chi connectivity index (χ1v) is 8.47. The number of aliphatic hydroxyl groups excluding tert-OH is 1. The van der Waals surface area contributed by atoms with Crippen molar-refractivity contribution in [3.8, 4) is 0 Å². The van der Waals surface area contributed by atoms with E-state index in [1.807, 2.05) is 25.2 Å². The largest absolute Gasteiger partial charge is 0.461 e. The number of fused-ring (bicyclic) bond motifs is 1. The number of carbonyl (C=O) groups excluding carboxylic acids is 1. The third-order valence-corrected chi connectivity index (χ3v) is 4.57. The quantitative estimate of drug-likeness (QED) is 0.602. The third-order valence-electron chi connectivity index (χ3n) is 4.57. The smallest absolute Gasteiger partial charge is 0.314 e. The zero-order valence-electron chi connectivity index (χ0n) is 14.8. The lowest BCUT2D eigenvalue weighted by Gasteiger charge is -2.33. The van der Waals surface area contributed by atoms with Crippen LogP contribution in [-0.2, 0) is 9.53 Å². The lowest BCUT2D eigenvalue weighted by atomic mass is 9.76. The Bertz CT molecular complexity index is 589. The van der Waals surface area contributed by atoms with Crippen LogP contribution in [0.4, 0.5) is 0 Å². The minimum absolute atomic E-state index is 0.0267. The Morgan fingerprint density at radius 1 is 1.42 bits per heavy atom. The van der Waals surface area contributed by atoms with Crippen LogP contribution in [-0.4, -0.2) is 34.5 Å². The van der Waals surface area contributed by atoms with Gasteiger partial charge in [-0.1, -0.05) is 42.0 Å². The summed E-state index contributed by atoms with van der Waals surface area (Å²) in [7, 11) is 0. The molecule has 24 heavy (non-hydrogen) atoms. The van der Waals surface area contributed by atoms with Gasteiger partial charge in [0.05, 0.1) is 17.6 Å². The van der Waals surface area contributed by atoms with E-state index < -0.39 is 17.6 Å². The second-order valence-electron chi connectivity index (χ2n) is 7.43. The molecule has 132 valence electrons. The minimum Gasteiger partial charge on any atom is -0.461 e. The van der Waals surface area contributed by atoms with Gasteiger partial charge < -0.3 is 14.9 Å². The average molecular weight is 332 g/mol. The minimum atomic E-state index is -0.882. The van der Waals surface area contributed by atoms with E-state index in [0.29, 0.717) is 6.42 Å². The van der Waals surface area contributed by atoms with Crippen LogP contribution in [0.25, 0.3) is 0 Å². The van der Waals surface area contributed by atoms with E-state index in [1.165, 1.54) is 0 Å². The molecular weight excluding hydrogens is 304 g/mol. The van der Waals surface area contributed by atoms with Gasteiger partial charge in [0.1, 0.15) is 6.61 Å². The molecule has 2 aliphatic rings. The van der Waals surface area contributed by atoms with Crippen LogP contribution in [0.5, 0.6) is 0 Å². The van der Waals surface area contributed by atoms with Crippen LogP contribution in [0.3, 0.4) is 0 Å². The Labute approximate surface area is 144 Å². The van der Waals surface area contributed by atoms with E-state index in [9.17, 15) is 15.0 Å². The molecule has 2 N–H and O–H groups in total. The number of aliphatic hydroxyl groups is 2. The van der Waals surface area contributed by atoms with Crippen molar-refractivity contribution in [2.45, 2.75) is 51.7 Å². The van der Waals surface area contributed by atoms with Crippen LogP contribution in [0.1, 0.15) is 40.0 Å². The molecule has 0 aromatic carbocycles. The topological polar surface area (TPSA) is 66.8 Å². The SMILES string of the molecule is C=C1CC(O)/C=C(\C)CCC2/C(=C\C=C\C(C)(C)O)COC(=O)C12. The lowest BCUT2D eigenvalue weighted by molar-refractivity contribution is -0.151. The highest BCUT2D eigenvalue weighted by molar-refractivity contribution is 5.78. The van der Waals surface area contributed by atoms with Gasteiger partial charge in [-0.15, -0.1) is 0 Å². The van der Waals surface area contributed by atoms with Gasteiger partial charge in [0.2, 0.25) is 0 Å². The monoisotopic (exact) mass is 332 g/mol. The van der Waals surface area contributed by atoms with Gasteiger partial charge in [0, 0.05) is 5.92 Å². The fourth-order valence-corrected chi connectivity index (χ4v) is 3.36. The van der Waals surface area contributed by atoms with Gasteiger partial charge in [0.25, 0.3) is 0 Å². The first kappa shape index (κ1) is 18.7. The highest BCUT2D eigenvalue weighted by atomic mass is 16.5. The summed E-state index contributed by atoms with van der Waals surface area (Å²) in [4.78, 5) is 12.3. The van der Waals surface area contributed by atoms with Crippen LogP contribution in [0.15, 0.2) is 47.6 Å². The zero-order valence-corrected chi connectivity index (χ0v) is 14.8. The Hall–Kier alpha value is -1.65. The summed E-state index contributed by atoms with van der Waals surface area (Å²) in [6.45, 7) is 9.75. The second-order valence-corrected chi connectivity index (χ2v) is 7.43. The Morgan fingerprint density at radius 3 is 2.79 bits per heavy atom. The number of allylic oxidation sites excluding steroid dienone is 3. The second kappa shape index (κ2) is 7.49. The zero-order chi connectivity index (χ0) is 17.9. The number of carbonyl (C=O) groups is 1. The van der Waals surface area contributed by atoms with E-state index in [-0.39, 0.29) is 18.5 Å². The summed E-state index contributed by atoms with van der Waals surface area (Å²) in [5.41, 5.74) is 2.00. The van der Waals surface area contributed by atoms with Gasteiger partial charge in [0.15, 0.2) is 0 Å². The molecular formula is C20H28O4. The molecule has 1 aliphatic carbocycles. The molecule has 4 heteroatoms. The van der Waals surface area contributed by atoms with E-state index in [1.54, 1.807) is 19.9 Å². The van der Waals surface area contributed by atoms with Crippen molar-refractivity contribution in [3.05, 3.63) is 47.6 Å². The molecule has 0 radical (unpaired) electrons. The highest BCUT2D eigenvalue weighted by Gasteiger charge is 2.38. The first-order chi connectivity index (χ1) is 11.2. The number of hydrogen-bond acceptors (Lipinski definition) is 4. The summed E-state index contributed by atoms with van der Waals surface area (Å²) >= 11 is 0. The number of hydrogen-bond donors (Lipinski definition) is 2. The summed E-state index contributed by atoms with van der Waals surface area (Å²) in [6, 6.07) is 0. The van der Waals surface area contributed by atoms with E-state index in [4.69, 9.17) is 4.74 Å². The highest BCUT2D eigenvalue weighted by Crippen LogP contribution is 2.39. The fourth-order valence-electron chi connectivity index (χ4n) is 3.36.